The van der Waals surface area contributed by atoms with Crippen molar-refractivity contribution in [3.8, 4) is 0 Å². The summed E-state index contributed by atoms with van der Waals surface area (Å²) in [7, 11) is 2.21. The number of hydrogen-bond donors (Lipinski definition) is 1. The number of likely N-dealkylation sites (N-methyl/N-ethyl adjacent to an activating group) is 1. The molecule has 23 heavy (non-hydrogen) atoms. The third-order valence-corrected chi connectivity index (χ3v) is 5.05. The summed E-state index contributed by atoms with van der Waals surface area (Å²) in [6.45, 7) is 3.28. The van der Waals surface area contributed by atoms with Gasteiger partial charge in [-0.05, 0) is 49.2 Å². The maximum Gasteiger partial charge on any atom is 0.168 e. The van der Waals surface area contributed by atoms with Crippen molar-refractivity contribution in [3.63, 3.8) is 0 Å². The van der Waals surface area contributed by atoms with Crippen molar-refractivity contribution < 1.29 is 0 Å². The van der Waals surface area contributed by atoms with Crippen molar-refractivity contribution in [1.82, 2.24) is 30.4 Å². The summed E-state index contributed by atoms with van der Waals surface area (Å²) in [4.78, 5) is 2.43. The van der Waals surface area contributed by atoms with E-state index in [1.807, 2.05) is 4.68 Å². The van der Waals surface area contributed by atoms with Crippen LogP contribution in [-0.2, 0) is 0 Å². The van der Waals surface area contributed by atoms with Crippen LogP contribution in [0.15, 0.2) is 30.3 Å². The summed E-state index contributed by atoms with van der Waals surface area (Å²) in [6.07, 6.45) is 3.54. The van der Waals surface area contributed by atoms with Crippen LogP contribution in [-0.4, -0.2) is 44.7 Å². The molecule has 2 heterocycles. The Labute approximate surface area is 136 Å². The molecule has 1 aliphatic heterocycles. The summed E-state index contributed by atoms with van der Waals surface area (Å²) in [5.74, 6) is 0.967. The molecule has 0 bridgehead atoms. The molecule has 4 rings (SSSR count). The average Bonchev–Trinajstić information content (AvgIpc) is 3.18. The molecule has 3 atom stereocenters. The van der Waals surface area contributed by atoms with Crippen LogP contribution in [0.3, 0.4) is 0 Å². The van der Waals surface area contributed by atoms with E-state index in [0.717, 1.165) is 18.8 Å². The highest BCUT2D eigenvalue weighted by atomic mass is 15.6. The molecule has 1 N–H and O–H groups in total. The highest BCUT2D eigenvalue weighted by Gasteiger charge is 2.35. The SMILES string of the molecule is CC(NC1CCN(C)C1c1ccccc1)c1nnnn1C1CC1. The first-order chi connectivity index (χ1) is 11.2. The van der Waals surface area contributed by atoms with E-state index in [9.17, 15) is 0 Å². The fourth-order valence-electron chi connectivity index (χ4n) is 3.72. The van der Waals surface area contributed by atoms with Crippen LogP contribution in [0.4, 0.5) is 0 Å². The number of tetrazole rings is 1. The van der Waals surface area contributed by atoms with E-state index in [1.165, 1.54) is 18.4 Å². The van der Waals surface area contributed by atoms with E-state index in [-0.39, 0.29) is 6.04 Å². The molecule has 2 fully saturated rings. The highest BCUT2D eigenvalue weighted by molar-refractivity contribution is 5.22. The second-order valence-corrected chi connectivity index (χ2v) is 6.83. The number of benzene rings is 1. The second-order valence-electron chi connectivity index (χ2n) is 6.83. The zero-order valence-electron chi connectivity index (χ0n) is 13.8. The van der Waals surface area contributed by atoms with Gasteiger partial charge in [-0.15, -0.1) is 5.10 Å². The first-order valence-electron chi connectivity index (χ1n) is 8.53. The quantitative estimate of drug-likeness (QED) is 0.916. The highest BCUT2D eigenvalue weighted by Crippen LogP contribution is 2.36. The molecule has 1 aromatic carbocycles. The Morgan fingerprint density at radius 2 is 1.96 bits per heavy atom. The van der Waals surface area contributed by atoms with Gasteiger partial charge in [-0.1, -0.05) is 30.3 Å². The Morgan fingerprint density at radius 3 is 2.70 bits per heavy atom. The Hall–Kier alpha value is -1.79. The minimum Gasteiger partial charge on any atom is -0.303 e. The predicted molar refractivity (Wildman–Crippen MR) is 87.9 cm³/mol. The Kier molecular flexibility index (Phi) is 3.87. The summed E-state index contributed by atoms with van der Waals surface area (Å²) in [5, 5.41) is 16.1. The van der Waals surface area contributed by atoms with E-state index in [0.29, 0.717) is 18.1 Å². The van der Waals surface area contributed by atoms with E-state index >= 15 is 0 Å². The fraction of sp³-hybridized carbons (Fsp3) is 0.588. The van der Waals surface area contributed by atoms with Gasteiger partial charge in [0.2, 0.25) is 0 Å². The zero-order valence-corrected chi connectivity index (χ0v) is 13.8. The molecular formula is C17H24N6. The van der Waals surface area contributed by atoms with Crippen LogP contribution in [0.1, 0.15) is 55.7 Å². The zero-order chi connectivity index (χ0) is 15.8. The van der Waals surface area contributed by atoms with E-state index in [1.54, 1.807) is 0 Å². The lowest BCUT2D eigenvalue weighted by molar-refractivity contribution is 0.275. The fourth-order valence-corrected chi connectivity index (χ4v) is 3.72. The third-order valence-electron chi connectivity index (χ3n) is 5.05. The standard InChI is InChI=1S/C17H24N6/c1-12(17-19-20-21-23(17)14-8-9-14)18-15-10-11-22(2)16(15)13-6-4-3-5-7-13/h3-7,12,14-16,18H,8-11H2,1-2H3. The molecule has 0 amide bonds. The van der Waals surface area contributed by atoms with Gasteiger partial charge in [-0.25, -0.2) is 4.68 Å². The molecule has 1 aliphatic carbocycles. The molecule has 2 aliphatic rings. The minimum atomic E-state index is 0.160. The van der Waals surface area contributed by atoms with Gasteiger partial charge in [0.05, 0.1) is 12.1 Å². The Bertz CT molecular complexity index is 650. The van der Waals surface area contributed by atoms with Crippen molar-refractivity contribution in [2.24, 2.45) is 0 Å². The number of nitrogens with zero attached hydrogens (tertiary/aromatic N) is 5. The van der Waals surface area contributed by atoms with Crippen molar-refractivity contribution >= 4 is 0 Å². The molecule has 1 saturated heterocycles. The van der Waals surface area contributed by atoms with Crippen LogP contribution in [0.25, 0.3) is 0 Å². The maximum atomic E-state index is 4.26. The van der Waals surface area contributed by atoms with Gasteiger partial charge >= 0.3 is 0 Å². The summed E-state index contributed by atoms with van der Waals surface area (Å²) in [5.41, 5.74) is 1.37. The molecule has 0 radical (unpaired) electrons. The minimum absolute atomic E-state index is 0.160. The summed E-state index contributed by atoms with van der Waals surface area (Å²) < 4.78 is 2.01. The number of rotatable bonds is 5. The maximum absolute atomic E-state index is 4.26. The van der Waals surface area contributed by atoms with Crippen molar-refractivity contribution in [2.45, 2.75) is 50.4 Å². The van der Waals surface area contributed by atoms with Gasteiger partial charge in [0.25, 0.3) is 0 Å². The first kappa shape index (κ1) is 14.8. The molecule has 122 valence electrons. The van der Waals surface area contributed by atoms with Crippen molar-refractivity contribution in [1.29, 1.82) is 0 Å². The normalized spacial score (nSPS) is 26.5. The number of aromatic nitrogens is 4. The molecule has 1 saturated carbocycles. The number of nitrogens with one attached hydrogen (secondary N) is 1. The lowest BCUT2D eigenvalue weighted by Crippen LogP contribution is -2.37. The van der Waals surface area contributed by atoms with E-state index in [2.05, 4.69) is 70.0 Å². The van der Waals surface area contributed by atoms with Gasteiger partial charge in [0, 0.05) is 18.6 Å². The average molecular weight is 312 g/mol. The van der Waals surface area contributed by atoms with Crippen LogP contribution < -0.4 is 5.32 Å². The third kappa shape index (κ3) is 2.88. The first-order valence-corrected chi connectivity index (χ1v) is 8.53. The van der Waals surface area contributed by atoms with Gasteiger partial charge < -0.3 is 5.32 Å². The monoisotopic (exact) mass is 312 g/mol. The van der Waals surface area contributed by atoms with Crippen molar-refractivity contribution in [2.75, 3.05) is 13.6 Å². The Balaban J connectivity index is 1.52. The van der Waals surface area contributed by atoms with Crippen LogP contribution in [0.5, 0.6) is 0 Å². The topological polar surface area (TPSA) is 58.9 Å². The van der Waals surface area contributed by atoms with Crippen LogP contribution in [0, 0.1) is 0 Å². The molecule has 0 spiro atoms. The lowest BCUT2D eigenvalue weighted by Gasteiger charge is -2.28. The van der Waals surface area contributed by atoms with E-state index in [4.69, 9.17) is 0 Å². The van der Waals surface area contributed by atoms with Gasteiger partial charge in [-0.3, -0.25) is 4.90 Å². The Morgan fingerprint density at radius 1 is 1.17 bits per heavy atom. The van der Waals surface area contributed by atoms with Gasteiger partial charge in [0.15, 0.2) is 5.82 Å². The molecule has 2 aromatic rings. The molecule has 3 unspecified atom stereocenters. The van der Waals surface area contributed by atoms with E-state index < -0.39 is 0 Å². The van der Waals surface area contributed by atoms with Crippen molar-refractivity contribution in [3.05, 3.63) is 41.7 Å². The molecule has 6 heteroatoms. The molecule has 1 aromatic heterocycles. The lowest BCUT2D eigenvalue weighted by atomic mass is 9.99. The number of hydrogen-bond acceptors (Lipinski definition) is 5. The van der Waals surface area contributed by atoms with Gasteiger partial charge in [-0.2, -0.15) is 0 Å². The van der Waals surface area contributed by atoms with Gasteiger partial charge in [0.1, 0.15) is 0 Å². The summed E-state index contributed by atoms with van der Waals surface area (Å²) >= 11 is 0. The number of likely N-dealkylation sites (tertiary alicyclic amines) is 1. The largest absolute Gasteiger partial charge is 0.303 e. The smallest absolute Gasteiger partial charge is 0.168 e. The predicted octanol–water partition coefficient (Wildman–Crippen LogP) is 2.10. The van der Waals surface area contributed by atoms with Crippen LogP contribution in [0.2, 0.25) is 0 Å². The van der Waals surface area contributed by atoms with Crippen LogP contribution >= 0.6 is 0 Å². The molecular weight excluding hydrogens is 288 g/mol. The summed E-state index contributed by atoms with van der Waals surface area (Å²) in [6, 6.07) is 12.3. The molecule has 6 nitrogen and oxygen atoms in total. The second kappa shape index (κ2) is 6.02.